The Kier molecular flexibility index (Phi) is 5.41. The van der Waals surface area contributed by atoms with Gasteiger partial charge in [-0.05, 0) is 29.8 Å². The second kappa shape index (κ2) is 8.16. The third-order valence-corrected chi connectivity index (χ3v) is 6.18. The first-order valence-electron chi connectivity index (χ1n) is 9.35. The van der Waals surface area contributed by atoms with Crippen molar-refractivity contribution in [2.75, 3.05) is 19.1 Å². The Hall–Kier alpha value is -3.39. The predicted molar refractivity (Wildman–Crippen MR) is 114 cm³/mol. The number of nitrogens with zero attached hydrogens (tertiary/aromatic N) is 2. The van der Waals surface area contributed by atoms with E-state index < -0.39 is 5.97 Å². The molecule has 1 aliphatic rings. The van der Waals surface area contributed by atoms with Crippen molar-refractivity contribution in [2.45, 2.75) is 18.9 Å². The lowest BCUT2D eigenvalue weighted by atomic mass is 9.90. The highest BCUT2D eigenvalue weighted by molar-refractivity contribution is 7.10. The topological polar surface area (TPSA) is 77.8 Å². The van der Waals surface area contributed by atoms with E-state index >= 15 is 0 Å². The fourth-order valence-corrected chi connectivity index (χ4v) is 4.74. The third kappa shape index (κ3) is 3.50. The number of ether oxygens (including phenoxy) is 2. The lowest BCUT2D eigenvalue weighted by Gasteiger charge is -2.32. The van der Waals surface area contributed by atoms with Gasteiger partial charge in [0.15, 0.2) is 0 Å². The summed E-state index contributed by atoms with van der Waals surface area (Å²) in [7, 11) is 2.84. The number of methoxy groups -OCH3 is 2. The number of anilines is 2. The van der Waals surface area contributed by atoms with Crippen LogP contribution in [0.1, 0.15) is 22.8 Å². The Bertz CT molecular complexity index is 1130. The molecule has 0 N–H and O–H groups in total. The van der Waals surface area contributed by atoms with Gasteiger partial charge in [0.2, 0.25) is 5.91 Å². The summed E-state index contributed by atoms with van der Waals surface area (Å²) in [5.41, 5.74) is 1.55. The average Bonchev–Trinajstić information content (AvgIpc) is 3.09. The molecule has 0 radical (unpaired) electrons. The maximum absolute atomic E-state index is 13.3. The monoisotopic (exact) mass is 424 g/mol. The number of hydrogen-bond donors (Lipinski definition) is 0. The van der Waals surface area contributed by atoms with E-state index in [1.165, 1.54) is 16.6 Å². The molecule has 0 saturated carbocycles. The molecule has 1 aromatic heterocycles. The van der Waals surface area contributed by atoms with E-state index in [0.29, 0.717) is 17.3 Å². The van der Waals surface area contributed by atoms with Gasteiger partial charge >= 0.3 is 10.8 Å². The molecule has 7 nitrogen and oxygen atoms in total. The Labute approximate surface area is 177 Å². The number of fused-ring (bicyclic) bond motifs is 1. The van der Waals surface area contributed by atoms with Crippen LogP contribution in [0.15, 0.2) is 59.4 Å². The van der Waals surface area contributed by atoms with Crippen LogP contribution in [0.2, 0.25) is 0 Å². The van der Waals surface area contributed by atoms with Gasteiger partial charge in [-0.1, -0.05) is 41.7 Å². The number of carbonyl (C=O) groups excluding carboxylic acids is 2. The Morgan fingerprint density at radius 1 is 1.07 bits per heavy atom. The van der Waals surface area contributed by atoms with Gasteiger partial charge in [0, 0.05) is 12.3 Å². The molecule has 30 heavy (non-hydrogen) atoms. The maximum Gasteiger partial charge on any atom is 0.325 e. The largest absolute Gasteiger partial charge is 0.497 e. The molecule has 0 saturated heterocycles. The lowest BCUT2D eigenvalue weighted by molar-refractivity contribution is -0.141. The fraction of sp³-hybridized carbons (Fsp3) is 0.227. The quantitative estimate of drug-likeness (QED) is 0.588. The first-order valence-corrected chi connectivity index (χ1v) is 10.2. The smallest absolute Gasteiger partial charge is 0.325 e. The molecule has 3 aromatic rings. The number of benzene rings is 2. The van der Waals surface area contributed by atoms with E-state index in [9.17, 15) is 14.4 Å². The third-order valence-electron chi connectivity index (χ3n) is 5.10. The fourth-order valence-electron chi connectivity index (χ4n) is 3.63. The van der Waals surface area contributed by atoms with Crippen LogP contribution >= 0.6 is 11.3 Å². The molecular formula is C22H20N2O5S. The summed E-state index contributed by atoms with van der Waals surface area (Å²) in [6.45, 7) is -0.261. The van der Waals surface area contributed by atoms with Crippen molar-refractivity contribution in [1.29, 1.82) is 0 Å². The first kappa shape index (κ1) is 19.9. The van der Waals surface area contributed by atoms with E-state index in [2.05, 4.69) is 0 Å². The van der Waals surface area contributed by atoms with Crippen molar-refractivity contribution >= 4 is 34.7 Å². The Morgan fingerprint density at radius 2 is 1.77 bits per heavy atom. The summed E-state index contributed by atoms with van der Waals surface area (Å²) in [5, 5.41) is 0. The van der Waals surface area contributed by atoms with Crippen molar-refractivity contribution in [1.82, 2.24) is 4.57 Å². The number of hydrogen-bond acceptors (Lipinski definition) is 6. The summed E-state index contributed by atoms with van der Waals surface area (Å²) in [4.78, 5) is 40.1. The molecule has 8 heteroatoms. The Balaban J connectivity index is 1.90. The molecule has 1 atom stereocenters. The first-order chi connectivity index (χ1) is 14.5. The highest BCUT2D eigenvalue weighted by Crippen LogP contribution is 2.44. The molecule has 4 rings (SSSR count). The van der Waals surface area contributed by atoms with Gasteiger partial charge in [-0.25, -0.2) is 0 Å². The second-order valence-electron chi connectivity index (χ2n) is 6.81. The van der Waals surface area contributed by atoms with Crippen LogP contribution in [-0.4, -0.2) is 30.7 Å². The summed E-state index contributed by atoms with van der Waals surface area (Å²) < 4.78 is 11.3. The molecular weight excluding hydrogens is 404 g/mol. The normalized spacial score (nSPS) is 15.6. The summed E-state index contributed by atoms with van der Waals surface area (Å²) >= 11 is 1.06. The maximum atomic E-state index is 13.3. The van der Waals surface area contributed by atoms with E-state index in [1.54, 1.807) is 31.4 Å². The number of rotatable bonds is 5. The zero-order valence-corrected chi connectivity index (χ0v) is 17.3. The van der Waals surface area contributed by atoms with Crippen LogP contribution in [0.4, 0.5) is 11.5 Å². The van der Waals surface area contributed by atoms with Gasteiger partial charge in [0.1, 0.15) is 18.1 Å². The van der Waals surface area contributed by atoms with Gasteiger partial charge in [-0.2, -0.15) is 0 Å². The van der Waals surface area contributed by atoms with E-state index in [0.717, 1.165) is 21.8 Å². The van der Waals surface area contributed by atoms with Crippen molar-refractivity contribution < 1.29 is 19.1 Å². The molecule has 1 amide bonds. The van der Waals surface area contributed by atoms with Crippen molar-refractivity contribution in [3.05, 3.63) is 74.7 Å². The zero-order chi connectivity index (χ0) is 21.3. The Morgan fingerprint density at radius 3 is 2.40 bits per heavy atom. The van der Waals surface area contributed by atoms with Crippen molar-refractivity contribution in [2.24, 2.45) is 0 Å². The number of aromatic nitrogens is 1. The molecule has 0 unspecified atom stereocenters. The summed E-state index contributed by atoms with van der Waals surface area (Å²) in [5.74, 6) is 0.118. The minimum Gasteiger partial charge on any atom is -0.497 e. The van der Waals surface area contributed by atoms with Crippen LogP contribution in [0.3, 0.4) is 0 Å². The molecule has 154 valence electrons. The number of carbonyl (C=O) groups is 2. The van der Waals surface area contributed by atoms with Crippen molar-refractivity contribution in [3.8, 4) is 5.75 Å². The molecule has 2 aromatic carbocycles. The predicted octanol–water partition coefficient (Wildman–Crippen LogP) is 3.29. The van der Waals surface area contributed by atoms with E-state index in [-0.39, 0.29) is 29.7 Å². The van der Waals surface area contributed by atoms with Gasteiger partial charge in [-0.3, -0.25) is 23.9 Å². The summed E-state index contributed by atoms with van der Waals surface area (Å²) in [6.07, 6.45) is 0.223. The second-order valence-corrected chi connectivity index (χ2v) is 7.81. The molecule has 0 spiro atoms. The highest BCUT2D eigenvalue weighted by Gasteiger charge is 2.38. The number of thiazole rings is 1. The van der Waals surface area contributed by atoms with E-state index in [1.807, 2.05) is 30.3 Å². The standard InChI is InChI=1S/C22H20N2O5S/c1-28-16-10-8-15(9-11-16)24-18(25)12-17(14-6-4-3-5-7-14)20-21(24)23(22(27)30-20)13-19(26)29-2/h3-11,17H,12-13H2,1-2H3/t17-/m1/s1. The molecule has 0 bridgehead atoms. The highest BCUT2D eigenvalue weighted by atomic mass is 32.1. The van der Waals surface area contributed by atoms with E-state index in [4.69, 9.17) is 9.47 Å². The molecule has 1 aliphatic heterocycles. The van der Waals surface area contributed by atoms with Gasteiger partial charge in [0.25, 0.3) is 0 Å². The van der Waals surface area contributed by atoms with Crippen molar-refractivity contribution in [3.63, 3.8) is 0 Å². The van der Waals surface area contributed by atoms with Crippen LogP contribution in [0.5, 0.6) is 5.75 Å². The van der Waals surface area contributed by atoms with Gasteiger partial charge in [0.05, 0.1) is 24.8 Å². The summed E-state index contributed by atoms with van der Waals surface area (Å²) in [6, 6.07) is 16.6. The zero-order valence-electron chi connectivity index (χ0n) is 16.5. The van der Waals surface area contributed by atoms with Gasteiger partial charge < -0.3 is 9.47 Å². The van der Waals surface area contributed by atoms with Crippen LogP contribution in [-0.2, 0) is 20.9 Å². The minimum atomic E-state index is -0.554. The number of amides is 1. The van der Waals surface area contributed by atoms with Crippen LogP contribution < -0.4 is 14.5 Å². The molecule has 0 aliphatic carbocycles. The SMILES string of the molecule is COC(=O)Cn1c2c(sc1=O)[C@@H](c1ccccc1)CC(=O)N2c1ccc(OC)cc1. The lowest BCUT2D eigenvalue weighted by Crippen LogP contribution is -2.36. The number of esters is 1. The average molecular weight is 424 g/mol. The minimum absolute atomic E-state index is 0.155. The molecule has 0 fully saturated rings. The van der Waals surface area contributed by atoms with Gasteiger partial charge in [-0.15, -0.1) is 0 Å². The van der Waals surface area contributed by atoms with Crippen LogP contribution in [0, 0.1) is 0 Å². The molecule has 2 heterocycles. The van der Waals surface area contributed by atoms with Crippen LogP contribution in [0.25, 0.3) is 0 Å².